The first-order valence-corrected chi connectivity index (χ1v) is 10.9. The minimum absolute atomic E-state index is 0.145. The lowest BCUT2D eigenvalue weighted by atomic mass is 10.1. The number of halogens is 1. The highest BCUT2D eigenvalue weighted by molar-refractivity contribution is 6.31. The third-order valence-electron chi connectivity index (χ3n) is 5.89. The van der Waals surface area contributed by atoms with Crippen molar-refractivity contribution in [2.75, 3.05) is 23.9 Å². The van der Waals surface area contributed by atoms with Gasteiger partial charge in [-0.25, -0.2) is 4.98 Å². The molecule has 4 aromatic rings. The first-order valence-electron chi connectivity index (χ1n) is 10.5. The summed E-state index contributed by atoms with van der Waals surface area (Å²) in [6, 6.07) is 19.0. The number of methoxy groups -OCH3 is 1. The fourth-order valence-corrected chi connectivity index (χ4v) is 4.30. The molecule has 1 aromatic heterocycles. The highest BCUT2D eigenvalue weighted by Gasteiger charge is 2.21. The van der Waals surface area contributed by atoms with Crippen molar-refractivity contribution < 1.29 is 9.53 Å². The number of ether oxygens (including phenoxy) is 1. The van der Waals surface area contributed by atoms with Gasteiger partial charge in [0.05, 0.1) is 24.7 Å². The van der Waals surface area contributed by atoms with E-state index in [2.05, 4.69) is 20.9 Å². The molecule has 3 aromatic carbocycles. The van der Waals surface area contributed by atoms with Crippen molar-refractivity contribution in [1.29, 1.82) is 0 Å². The molecule has 5 rings (SSSR count). The summed E-state index contributed by atoms with van der Waals surface area (Å²) in [6.07, 6.45) is 0. The highest BCUT2D eigenvalue weighted by atomic mass is 35.5. The summed E-state index contributed by atoms with van der Waals surface area (Å²) >= 11 is 6.13. The molecule has 0 atom stereocenters. The van der Waals surface area contributed by atoms with Crippen LogP contribution in [0.2, 0.25) is 5.02 Å². The second kappa shape index (κ2) is 8.20. The Kier molecular flexibility index (Phi) is 5.23. The zero-order valence-electron chi connectivity index (χ0n) is 17.9. The quantitative estimate of drug-likeness (QED) is 0.463. The molecule has 1 N–H and O–H groups in total. The Labute approximate surface area is 191 Å². The van der Waals surface area contributed by atoms with Crippen molar-refractivity contribution in [2.24, 2.45) is 0 Å². The lowest BCUT2D eigenvalue weighted by Gasteiger charge is -2.30. The number of carbonyl (C=O) groups excluding carboxylic acids is 1. The molecule has 32 heavy (non-hydrogen) atoms. The smallest absolute Gasteiger partial charge is 0.255 e. The maximum atomic E-state index is 12.6. The van der Waals surface area contributed by atoms with Crippen LogP contribution in [0, 0.1) is 6.92 Å². The van der Waals surface area contributed by atoms with Gasteiger partial charge < -0.3 is 19.5 Å². The largest absolute Gasteiger partial charge is 0.497 e. The topological polar surface area (TPSA) is 59.4 Å². The van der Waals surface area contributed by atoms with Crippen LogP contribution in [0.15, 0.2) is 60.7 Å². The van der Waals surface area contributed by atoms with Gasteiger partial charge >= 0.3 is 0 Å². The third-order valence-corrected chi connectivity index (χ3v) is 6.13. The van der Waals surface area contributed by atoms with Crippen molar-refractivity contribution in [1.82, 2.24) is 9.55 Å². The van der Waals surface area contributed by atoms with Crippen molar-refractivity contribution in [3.63, 3.8) is 0 Å². The minimum Gasteiger partial charge on any atom is -0.497 e. The zero-order valence-corrected chi connectivity index (χ0v) is 18.7. The number of anilines is 2. The van der Waals surface area contributed by atoms with Gasteiger partial charge in [0, 0.05) is 35.1 Å². The molecule has 6 nitrogen and oxygen atoms in total. The minimum atomic E-state index is -0.145. The van der Waals surface area contributed by atoms with E-state index in [1.165, 1.54) is 0 Å². The molecule has 0 saturated heterocycles. The number of nitrogens with one attached hydrogen (secondary N) is 1. The lowest BCUT2D eigenvalue weighted by Crippen LogP contribution is -2.33. The van der Waals surface area contributed by atoms with Gasteiger partial charge in [-0.1, -0.05) is 11.6 Å². The number of amides is 1. The van der Waals surface area contributed by atoms with Crippen LogP contribution in [-0.4, -0.2) is 29.1 Å². The van der Waals surface area contributed by atoms with E-state index in [9.17, 15) is 4.79 Å². The van der Waals surface area contributed by atoms with E-state index in [4.69, 9.17) is 21.3 Å². The SMILES string of the molecule is COc1ccc(C(=O)Nc2ccc(N3CCn4c(nc5cc(Cl)ccc54)C3)cc2C)cc1. The maximum Gasteiger partial charge on any atom is 0.255 e. The zero-order chi connectivity index (χ0) is 22.2. The molecule has 1 amide bonds. The van der Waals surface area contributed by atoms with E-state index in [1.54, 1.807) is 31.4 Å². The Bertz CT molecular complexity index is 1310. The van der Waals surface area contributed by atoms with Crippen molar-refractivity contribution in [2.45, 2.75) is 20.0 Å². The average molecular weight is 447 g/mol. The molecule has 1 aliphatic rings. The van der Waals surface area contributed by atoms with Crippen LogP contribution in [0.25, 0.3) is 11.0 Å². The number of carbonyl (C=O) groups is 1. The molecule has 0 saturated carbocycles. The average Bonchev–Trinajstić information content (AvgIpc) is 3.17. The molecule has 0 radical (unpaired) electrons. The number of aryl methyl sites for hydroxylation is 1. The van der Waals surface area contributed by atoms with Crippen LogP contribution in [-0.2, 0) is 13.1 Å². The number of hydrogen-bond donors (Lipinski definition) is 1. The molecule has 0 fully saturated rings. The number of imidazole rings is 1. The van der Waals surface area contributed by atoms with Crippen LogP contribution in [0.3, 0.4) is 0 Å². The van der Waals surface area contributed by atoms with E-state index in [-0.39, 0.29) is 5.91 Å². The summed E-state index contributed by atoms with van der Waals surface area (Å²) in [5.74, 6) is 1.61. The third kappa shape index (κ3) is 3.78. The molecule has 0 aliphatic carbocycles. The van der Waals surface area contributed by atoms with Gasteiger partial charge in [-0.15, -0.1) is 0 Å². The molecule has 0 bridgehead atoms. The van der Waals surface area contributed by atoms with Crippen molar-refractivity contribution in [3.8, 4) is 5.75 Å². The lowest BCUT2D eigenvalue weighted by molar-refractivity contribution is 0.102. The fraction of sp³-hybridized carbons (Fsp3) is 0.200. The maximum absolute atomic E-state index is 12.6. The number of fused-ring (bicyclic) bond motifs is 3. The number of rotatable bonds is 4. The number of benzene rings is 3. The summed E-state index contributed by atoms with van der Waals surface area (Å²) in [7, 11) is 1.60. The Morgan fingerprint density at radius 3 is 2.62 bits per heavy atom. The Hall–Kier alpha value is -3.51. The number of nitrogens with zero attached hydrogens (tertiary/aromatic N) is 3. The molecule has 2 heterocycles. The van der Waals surface area contributed by atoms with Gasteiger partial charge in [-0.05, 0) is 73.2 Å². The van der Waals surface area contributed by atoms with Gasteiger partial charge in [-0.3, -0.25) is 4.79 Å². The normalized spacial score (nSPS) is 13.2. The van der Waals surface area contributed by atoms with Gasteiger partial charge in [0.2, 0.25) is 0 Å². The molecule has 0 spiro atoms. The van der Waals surface area contributed by atoms with E-state index < -0.39 is 0 Å². The summed E-state index contributed by atoms with van der Waals surface area (Å²) in [4.78, 5) is 19.7. The first-order chi connectivity index (χ1) is 15.5. The Morgan fingerprint density at radius 2 is 1.88 bits per heavy atom. The van der Waals surface area contributed by atoms with Crippen LogP contribution >= 0.6 is 11.6 Å². The molecule has 1 aliphatic heterocycles. The number of hydrogen-bond acceptors (Lipinski definition) is 4. The van der Waals surface area contributed by atoms with Gasteiger partial charge in [0.1, 0.15) is 11.6 Å². The first kappa shape index (κ1) is 20.4. The Balaban J connectivity index is 1.33. The van der Waals surface area contributed by atoms with E-state index in [0.717, 1.165) is 59.2 Å². The monoisotopic (exact) mass is 446 g/mol. The molecule has 162 valence electrons. The van der Waals surface area contributed by atoms with E-state index in [0.29, 0.717) is 10.6 Å². The molecular formula is C25H23ClN4O2. The molecule has 7 heteroatoms. The van der Waals surface area contributed by atoms with Crippen LogP contribution in [0.5, 0.6) is 5.75 Å². The summed E-state index contributed by atoms with van der Waals surface area (Å²) < 4.78 is 7.42. The van der Waals surface area contributed by atoms with Gasteiger partial charge in [0.25, 0.3) is 5.91 Å². The van der Waals surface area contributed by atoms with Crippen molar-refractivity contribution in [3.05, 3.63) is 82.6 Å². The van der Waals surface area contributed by atoms with Crippen LogP contribution in [0.1, 0.15) is 21.7 Å². The van der Waals surface area contributed by atoms with Gasteiger partial charge in [0.15, 0.2) is 0 Å². The highest BCUT2D eigenvalue weighted by Crippen LogP contribution is 2.29. The predicted octanol–water partition coefficient (Wildman–Crippen LogP) is 5.28. The predicted molar refractivity (Wildman–Crippen MR) is 128 cm³/mol. The van der Waals surface area contributed by atoms with Crippen LogP contribution in [0.4, 0.5) is 11.4 Å². The Morgan fingerprint density at radius 1 is 1.06 bits per heavy atom. The molecule has 0 unspecified atom stereocenters. The van der Waals surface area contributed by atoms with Crippen molar-refractivity contribution >= 4 is 39.9 Å². The van der Waals surface area contributed by atoms with Gasteiger partial charge in [-0.2, -0.15) is 0 Å². The van der Waals surface area contributed by atoms with E-state index >= 15 is 0 Å². The second-order valence-corrected chi connectivity index (χ2v) is 8.35. The number of aromatic nitrogens is 2. The fourth-order valence-electron chi connectivity index (χ4n) is 4.14. The standard InChI is InChI=1S/C25H23ClN4O2/c1-16-13-19(6-9-21(16)28-25(31)17-3-7-20(32-2)8-4-17)29-11-12-30-23-10-5-18(26)14-22(23)27-24(30)15-29/h3-10,13-14H,11-12,15H2,1-2H3,(H,28,31). The second-order valence-electron chi connectivity index (χ2n) is 7.92. The summed E-state index contributed by atoms with van der Waals surface area (Å²) in [5, 5.41) is 3.71. The summed E-state index contributed by atoms with van der Waals surface area (Å²) in [5.41, 5.74) is 5.56. The molecular weight excluding hydrogens is 424 g/mol. The summed E-state index contributed by atoms with van der Waals surface area (Å²) in [6.45, 7) is 4.48. The van der Waals surface area contributed by atoms with Crippen LogP contribution < -0.4 is 15.0 Å². The van der Waals surface area contributed by atoms with E-state index in [1.807, 2.05) is 37.3 Å².